The van der Waals surface area contributed by atoms with Crippen molar-refractivity contribution in [2.24, 2.45) is 5.73 Å². The average Bonchev–Trinajstić information content (AvgIpc) is 3.30. The number of carbonyl (C=O) groups excluding carboxylic acids is 1. The molecule has 4 rings (SSSR count). The summed E-state index contributed by atoms with van der Waals surface area (Å²) >= 11 is 0. The van der Waals surface area contributed by atoms with Gasteiger partial charge in [0.25, 0.3) is 0 Å². The first-order chi connectivity index (χ1) is 12.1. The lowest BCUT2D eigenvalue weighted by molar-refractivity contribution is 0.129. The maximum absolute atomic E-state index is 14.5. The zero-order valence-corrected chi connectivity index (χ0v) is 14.8. The number of halogens is 2. The summed E-state index contributed by atoms with van der Waals surface area (Å²) in [5.74, 6) is -0.362. The van der Waals surface area contributed by atoms with Gasteiger partial charge in [-0.25, -0.2) is 13.9 Å². The number of ether oxygens (including phenoxy) is 1. The molecule has 0 spiro atoms. The normalized spacial score (nSPS) is 22.5. The molecule has 2 atom stereocenters. The van der Waals surface area contributed by atoms with Crippen LogP contribution in [-0.4, -0.2) is 52.9 Å². The number of nitrogens with two attached hydrogens (primary N) is 1. The van der Waals surface area contributed by atoms with Gasteiger partial charge in [0.05, 0.1) is 30.7 Å². The van der Waals surface area contributed by atoms with E-state index in [1.165, 1.54) is 11.0 Å². The second kappa shape index (κ2) is 7.46. The second-order valence-electron chi connectivity index (χ2n) is 6.37. The number of hydrogen-bond donors (Lipinski definition) is 1. The number of hydrogen-bond acceptors (Lipinski definition) is 6. The number of anilines is 2. The highest BCUT2D eigenvalue weighted by Crippen LogP contribution is 2.29. The fraction of sp³-hybridized carbons (Fsp3) is 0.438. The third kappa shape index (κ3) is 3.58. The first kappa shape index (κ1) is 18.4. The Bertz CT molecular complexity index is 774. The van der Waals surface area contributed by atoms with Gasteiger partial charge >= 0.3 is 6.09 Å². The quantitative estimate of drug-likeness (QED) is 0.859. The molecule has 0 aliphatic carbocycles. The number of aromatic nitrogens is 3. The molecule has 1 amide bonds. The van der Waals surface area contributed by atoms with Gasteiger partial charge in [-0.05, 0) is 24.6 Å². The van der Waals surface area contributed by atoms with E-state index in [4.69, 9.17) is 10.5 Å². The molecule has 0 saturated carbocycles. The Morgan fingerprint density at radius 2 is 2.19 bits per heavy atom. The van der Waals surface area contributed by atoms with Crippen molar-refractivity contribution in [3.05, 3.63) is 36.4 Å². The second-order valence-corrected chi connectivity index (χ2v) is 6.37. The van der Waals surface area contributed by atoms with Crippen molar-refractivity contribution >= 4 is 29.9 Å². The molecule has 1 aromatic heterocycles. The van der Waals surface area contributed by atoms with E-state index >= 15 is 0 Å². The van der Waals surface area contributed by atoms with Crippen LogP contribution >= 0.6 is 12.4 Å². The molecule has 2 fully saturated rings. The molecule has 0 bridgehead atoms. The van der Waals surface area contributed by atoms with Crippen LogP contribution in [0.4, 0.5) is 20.6 Å². The van der Waals surface area contributed by atoms with Crippen LogP contribution in [0.2, 0.25) is 0 Å². The summed E-state index contributed by atoms with van der Waals surface area (Å²) in [5, 5.41) is 7.58. The molecule has 3 heterocycles. The Labute approximate surface area is 156 Å². The van der Waals surface area contributed by atoms with Gasteiger partial charge in [0.2, 0.25) is 0 Å². The van der Waals surface area contributed by atoms with E-state index in [1.807, 2.05) is 4.90 Å². The summed E-state index contributed by atoms with van der Waals surface area (Å²) in [4.78, 5) is 15.5. The summed E-state index contributed by atoms with van der Waals surface area (Å²) in [5.41, 5.74) is 6.89. The molecule has 8 nitrogen and oxygen atoms in total. The Balaban J connectivity index is 0.00000196. The summed E-state index contributed by atoms with van der Waals surface area (Å²) in [7, 11) is 0. The van der Waals surface area contributed by atoms with Gasteiger partial charge in [0.1, 0.15) is 11.9 Å². The van der Waals surface area contributed by atoms with Crippen LogP contribution in [-0.2, 0) is 11.3 Å². The molecular weight excluding hydrogens is 363 g/mol. The minimum absolute atomic E-state index is 0. The van der Waals surface area contributed by atoms with Gasteiger partial charge in [-0.15, -0.1) is 17.5 Å². The molecule has 2 saturated heterocycles. The monoisotopic (exact) mass is 382 g/mol. The molecule has 0 radical (unpaired) electrons. The van der Waals surface area contributed by atoms with Crippen molar-refractivity contribution in [3.8, 4) is 0 Å². The summed E-state index contributed by atoms with van der Waals surface area (Å²) in [6.07, 6.45) is 3.27. The molecule has 26 heavy (non-hydrogen) atoms. The van der Waals surface area contributed by atoms with Crippen LogP contribution in [0.15, 0.2) is 30.6 Å². The van der Waals surface area contributed by atoms with Crippen molar-refractivity contribution in [1.82, 2.24) is 15.0 Å². The molecule has 0 unspecified atom stereocenters. The summed E-state index contributed by atoms with van der Waals surface area (Å²) in [6, 6.07) is 4.88. The number of cyclic esters (lactones) is 1. The van der Waals surface area contributed by atoms with E-state index in [1.54, 1.807) is 29.2 Å². The molecule has 2 aliphatic rings. The molecule has 1 aromatic carbocycles. The largest absolute Gasteiger partial charge is 0.442 e. The topological polar surface area (TPSA) is 89.5 Å². The van der Waals surface area contributed by atoms with Crippen LogP contribution in [0, 0.1) is 5.82 Å². The molecular formula is C16H20ClFN6O2. The van der Waals surface area contributed by atoms with Crippen molar-refractivity contribution in [1.29, 1.82) is 0 Å². The number of carbonyl (C=O) groups is 1. The van der Waals surface area contributed by atoms with Crippen molar-refractivity contribution in [2.45, 2.75) is 25.1 Å². The van der Waals surface area contributed by atoms with E-state index in [0.29, 0.717) is 31.0 Å². The molecule has 2 aromatic rings. The van der Waals surface area contributed by atoms with Gasteiger partial charge in [-0.3, -0.25) is 4.90 Å². The predicted octanol–water partition coefficient (Wildman–Crippen LogP) is 1.40. The molecule has 10 heteroatoms. The fourth-order valence-electron chi connectivity index (χ4n) is 3.29. The van der Waals surface area contributed by atoms with Gasteiger partial charge in [0, 0.05) is 25.3 Å². The summed E-state index contributed by atoms with van der Waals surface area (Å²) in [6.45, 7) is 2.13. The zero-order chi connectivity index (χ0) is 17.4. The third-order valence-corrected chi connectivity index (χ3v) is 4.55. The van der Waals surface area contributed by atoms with Crippen molar-refractivity contribution < 1.29 is 13.9 Å². The maximum Gasteiger partial charge on any atom is 0.414 e. The smallest absolute Gasteiger partial charge is 0.414 e. The van der Waals surface area contributed by atoms with E-state index in [9.17, 15) is 9.18 Å². The lowest BCUT2D eigenvalue weighted by atomic mass is 10.2. The van der Waals surface area contributed by atoms with E-state index in [0.717, 1.165) is 13.0 Å². The van der Waals surface area contributed by atoms with Gasteiger partial charge in [-0.2, -0.15) is 0 Å². The predicted molar refractivity (Wildman–Crippen MR) is 96.1 cm³/mol. The lowest BCUT2D eigenvalue weighted by Crippen LogP contribution is -2.28. The minimum Gasteiger partial charge on any atom is -0.442 e. The van der Waals surface area contributed by atoms with Crippen LogP contribution in [0.3, 0.4) is 0 Å². The standard InChI is InChI=1S/C16H19FN6O2.ClH/c17-14-7-12(1-2-15(14)21-5-3-11(18)8-21)23-10-13(25-16(23)24)9-22-6-4-19-20-22;/h1-2,4,6-7,11,13H,3,5,8-10,18H2;1H/t11-,13+;/m1./s1. The molecule has 2 N–H and O–H groups in total. The van der Waals surface area contributed by atoms with Gasteiger partial charge < -0.3 is 15.4 Å². The number of rotatable bonds is 4. The van der Waals surface area contributed by atoms with E-state index in [-0.39, 0.29) is 30.4 Å². The summed E-state index contributed by atoms with van der Waals surface area (Å²) < 4.78 is 21.5. The highest BCUT2D eigenvalue weighted by molar-refractivity contribution is 5.90. The Morgan fingerprint density at radius 3 is 2.85 bits per heavy atom. The van der Waals surface area contributed by atoms with E-state index in [2.05, 4.69) is 10.3 Å². The lowest BCUT2D eigenvalue weighted by Gasteiger charge is -2.20. The van der Waals surface area contributed by atoms with E-state index < -0.39 is 6.09 Å². The van der Waals surface area contributed by atoms with Gasteiger partial charge in [-0.1, -0.05) is 5.21 Å². The van der Waals surface area contributed by atoms with Crippen LogP contribution in [0.1, 0.15) is 6.42 Å². The number of amides is 1. The van der Waals surface area contributed by atoms with Gasteiger partial charge in [0.15, 0.2) is 0 Å². The first-order valence-corrected chi connectivity index (χ1v) is 8.22. The Kier molecular flexibility index (Phi) is 5.28. The number of nitrogens with zero attached hydrogens (tertiary/aromatic N) is 5. The van der Waals surface area contributed by atoms with Crippen LogP contribution in [0.5, 0.6) is 0 Å². The number of benzene rings is 1. The SMILES string of the molecule is Cl.N[C@@H]1CCN(c2ccc(N3C[C@H](Cn4ccnn4)OC3=O)cc2F)C1. The van der Waals surface area contributed by atoms with Crippen LogP contribution in [0.25, 0.3) is 0 Å². The maximum atomic E-state index is 14.5. The highest BCUT2D eigenvalue weighted by Gasteiger charge is 2.33. The first-order valence-electron chi connectivity index (χ1n) is 8.22. The van der Waals surface area contributed by atoms with Crippen molar-refractivity contribution in [3.63, 3.8) is 0 Å². The third-order valence-electron chi connectivity index (χ3n) is 4.55. The van der Waals surface area contributed by atoms with Crippen molar-refractivity contribution in [2.75, 3.05) is 29.4 Å². The zero-order valence-electron chi connectivity index (χ0n) is 14.0. The molecule has 140 valence electrons. The average molecular weight is 383 g/mol. The van der Waals surface area contributed by atoms with Crippen LogP contribution < -0.4 is 15.5 Å². The highest BCUT2D eigenvalue weighted by atomic mass is 35.5. The Morgan fingerprint density at radius 1 is 1.35 bits per heavy atom. The fourth-order valence-corrected chi connectivity index (χ4v) is 3.29. The Hall–Kier alpha value is -2.39. The molecule has 2 aliphatic heterocycles. The minimum atomic E-state index is -0.486.